The van der Waals surface area contributed by atoms with Gasteiger partial charge >= 0.3 is 0 Å². The third kappa shape index (κ3) is 5.55. The largest absolute Gasteiger partial charge is 0.487 e. The maximum atomic E-state index is 11.3. The number of unbranched alkanes of at least 4 members (excludes halogenated alkanes) is 1. The number of guanidine groups is 1. The topological polar surface area (TPSA) is 92.0 Å². The van der Waals surface area contributed by atoms with E-state index in [1.165, 1.54) is 18.4 Å². The average molecular weight is 442 g/mol. The molecule has 4 rings (SSSR count). The standard InChI is InChI=1S/C25H39N5O2/c1-27-24(28-14-6-7-15-30-16-10-19(11-17-30)23(26)31)29-21-18-25(12-4-5-13-25)32-22-9-3-2-8-20(21)22/h2-3,8-9,19,21H,4-7,10-18H2,1H3,(H2,26,31)(H2,27,28,29). The molecular weight excluding hydrogens is 402 g/mol. The number of likely N-dealkylation sites (tertiary alicyclic amines) is 1. The Labute approximate surface area is 192 Å². The summed E-state index contributed by atoms with van der Waals surface area (Å²) < 4.78 is 6.49. The molecule has 176 valence electrons. The minimum absolute atomic E-state index is 0.0210. The Morgan fingerprint density at radius 3 is 2.69 bits per heavy atom. The van der Waals surface area contributed by atoms with Crippen molar-refractivity contribution in [3.63, 3.8) is 0 Å². The van der Waals surface area contributed by atoms with Crippen LogP contribution in [-0.2, 0) is 4.79 Å². The third-order valence-electron chi connectivity index (χ3n) is 7.43. The molecule has 1 saturated heterocycles. The van der Waals surface area contributed by atoms with Gasteiger partial charge in [0.15, 0.2) is 5.96 Å². The Bertz CT molecular complexity index is 797. The van der Waals surface area contributed by atoms with E-state index in [0.717, 1.165) is 82.8 Å². The minimum atomic E-state index is -0.140. The van der Waals surface area contributed by atoms with Crippen LogP contribution in [0.1, 0.15) is 69.4 Å². The summed E-state index contributed by atoms with van der Waals surface area (Å²) in [7, 11) is 1.84. The highest BCUT2D eigenvalue weighted by Crippen LogP contribution is 2.46. The average Bonchev–Trinajstić information content (AvgIpc) is 3.25. The maximum Gasteiger partial charge on any atom is 0.220 e. The molecule has 1 amide bonds. The quantitative estimate of drug-likeness (QED) is 0.344. The van der Waals surface area contributed by atoms with Crippen molar-refractivity contribution in [1.29, 1.82) is 0 Å². The van der Waals surface area contributed by atoms with E-state index in [-0.39, 0.29) is 23.5 Å². The molecule has 2 fully saturated rings. The van der Waals surface area contributed by atoms with Crippen molar-refractivity contribution in [2.24, 2.45) is 16.6 Å². The summed E-state index contributed by atoms with van der Waals surface area (Å²) in [4.78, 5) is 18.2. The second-order valence-electron chi connectivity index (χ2n) is 9.66. The van der Waals surface area contributed by atoms with E-state index in [9.17, 15) is 4.79 Å². The Morgan fingerprint density at radius 2 is 1.97 bits per heavy atom. The van der Waals surface area contributed by atoms with Crippen molar-refractivity contribution in [1.82, 2.24) is 15.5 Å². The smallest absolute Gasteiger partial charge is 0.220 e. The summed E-state index contributed by atoms with van der Waals surface area (Å²) in [6.07, 6.45) is 9.80. The number of nitrogens with two attached hydrogens (primary N) is 1. The van der Waals surface area contributed by atoms with E-state index in [1.807, 2.05) is 7.05 Å². The van der Waals surface area contributed by atoms with E-state index < -0.39 is 0 Å². The number of ether oxygens (including phenoxy) is 1. The third-order valence-corrected chi connectivity index (χ3v) is 7.43. The molecule has 1 aromatic carbocycles. The molecule has 32 heavy (non-hydrogen) atoms. The molecule has 1 saturated carbocycles. The molecule has 4 N–H and O–H groups in total. The summed E-state index contributed by atoms with van der Waals surface area (Å²) in [6.45, 7) is 3.94. The molecule has 1 unspecified atom stereocenters. The van der Waals surface area contributed by atoms with Gasteiger partial charge < -0.3 is 26.0 Å². The highest BCUT2D eigenvalue weighted by atomic mass is 16.5. The first-order valence-electron chi connectivity index (χ1n) is 12.4. The number of fused-ring (bicyclic) bond motifs is 1. The SMILES string of the molecule is CN=C(NCCCCN1CCC(C(N)=O)CC1)NC1CC2(CCCC2)Oc2ccccc21. The number of nitrogens with zero attached hydrogens (tertiary/aromatic N) is 2. The van der Waals surface area contributed by atoms with Crippen molar-refractivity contribution < 1.29 is 9.53 Å². The first-order chi connectivity index (χ1) is 15.6. The zero-order valence-corrected chi connectivity index (χ0v) is 19.4. The van der Waals surface area contributed by atoms with Crippen molar-refractivity contribution in [3.8, 4) is 5.75 Å². The predicted molar refractivity (Wildman–Crippen MR) is 128 cm³/mol. The van der Waals surface area contributed by atoms with E-state index in [0.29, 0.717) is 0 Å². The molecule has 1 aliphatic carbocycles. The van der Waals surface area contributed by atoms with Crippen molar-refractivity contribution in [2.75, 3.05) is 33.2 Å². The number of amides is 1. The molecule has 1 spiro atoms. The lowest BCUT2D eigenvalue weighted by Crippen LogP contribution is -2.46. The van der Waals surface area contributed by atoms with Gasteiger partial charge in [0.2, 0.25) is 5.91 Å². The summed E-state index contributed by atoms with van der Waals surface area (Å²) in [6, 6.07) is 8.64. The molecule has 2 heterocycles. The van der Waals surface area contributed by atoms with Gasteiger partial charge in [-0.15, -0.1) is 0 Å². The lowest BCUT2D eigenvalue weighted by Gasteiger charge is -2.40. The van der Waals surface area contributed by atoms with E-state index in [4.69, 9.17) is 10.5 Å². The summed E-state index contributed by atoms with van der Waals surface area (Å²) in [5.41, 5.74) is 6.64. The van der Waals surface area contributed by atoms with Crippen molar-refractivity contribution >= 4 is 11.9 Å². The van der Waals surface area contributed by atoms with Crippen LogP contribution in [-0.4, -0.2) is 55.6 Å². The van der Waals surface area contributed by atoms with E-state index in [2.05, 4.69) is 44.8 Å². The van der Waals surface area contributed by atoms with Crippen LogP contribution in [0, 0.1) is 5.92 Å². The zero-order valence-electron chi connectivity index (χ0n) is 19.4. The van der Waals surface area contributed by atoms with Gasteiger partial charge in [-0.1, -0.05) is 18.2 Å². The Kier molecular flexibility index (Phi) is 7.55. The van der Waals surface area contributed by atoms with Gasteiger partial charge in [-0.25, -0.2) is 0 Å². The lowest BCUT2D eigenvalue weighted by atomic mass is 9.86. The molecule has 3 aliphatic rings. The molecule has 0 bridgehead atoms. The number of benzene rings is 1. The Morgan fingerprint density at radius 1 is 1.22 bits per heavy atom. The molecule has 1 aromatic rings. The van der Waals surface area contributed by atoms with Gasteiger partial charge in [0, 0.05) is 31.5 Å². The number of primary amides is 1. The number of hydrogen-bond donors (Lipinski definition) is 3. The lowest BCUT2D eigenvalue weighted by molar-refractivity contribution is -0.123. The fourth-order valence-corrected chi connectivity index (χ4v) is 5.54. The van der Waals surface area contributed by atoms with Crippen LogP contribution in [0.15, 0.2) is 29.3 Å². The number of rotatable bonds is 7. The summed E-state index contributed by atoms with van der Waals surface area (Å²) in [5, 5.41) is 7.18. The summed E-state index contributed by atoms with van der Waals surface area (Å²) >= 11 is 0. The molecule has 7 nitrogen and oxygen atoms in total. The highest BCUT2D eigenvalue weighted by molar-refractivity contribution is 5.80. The number of piperidine rings is 1. The van der Waals surface area contributed by atoms with Crippen LogP contribution in [0.25, 0.3) is 0 Å². The van der Waals surface area contributed by atoms with Gasteiger partial charge in [0.05, 0.1) is 6.04 Å². The van der Waals surface area contributed by atoms with Gasteiger partial charge in [0.1, 0.15) is 11.4 Å². The second kappa shape index (κ2) is 10.6. The number of carbonyl (C=O) groups is 1. The Balaban J connectivity index is 1.22. The predicted octanol–water partition coefficient (Wildman–Crippen LogP) is 2.97. The van der Waals surface area contributed by atoms with Crippen molar-refractivity contribution in [3.05, 3.63) is 29.8 Å². The van der Waals surface area contributed by atoms with Crippen LogP contribution >= 0.6 is 0 Å². The van der Waals surface area contributed by atoms with Gasteiger partial charge in [-0.2, -0.15) is 0 Å². The number of nitrogens with one attached hydrogen (secondary N) is 2. The highest BCUT2D eigenvalue weighted by Gasteiger charge is 2.43. The molecule has 2 aliphatic heterocycles. The van der Waals surface area contributed by atoms with Crippen LogP contribution in [0.3, 0.4) is 0 Å². The van der Waals surface area contributed by atoms with Crippen molar-refractivity contribution in [2.45, 2.75) is 69.4 Å². The number of aliphatic imine (C=N–C) groups is 1. The zero-order chi connectivity index (χ0) is 22.4. The Hall–Kier alpha value is -2.28. The second-order valence-corrected chi connectivity index (χ2v) is 9.66. The molecule has 0 radical (unpaired) electrons. The van der Waals surface area contributed by atoms with Crippen LogP contribution in [0.4, 0.5) is 0 Å². The summed E-state index contributed by atoms with van der Waals surface area (Å²) in [5.74, 6) is 1.82. The minimum Gasteiger partial charge on any atom is -0.487 e. The van der Waals surface area contributed by atoms with E-state index in [1.54, 1.807) is 0 Å². The number of carbonyl (C=O) groups excluding carboxylic acids is 1. The van der Waals surface area contributed by atoms with Crippen LogP contribution in [0.2, 0.25) is 0 Å². The molecule has 7 heteroatoms. The first-order valence-corrected chi connectivity index (χ1v) is 12.4. The number of hydrogen-bond acceptors (Lipinski definition) is 4. The maximum absolute atomic E-state index is 11.3. The van der Waals surface area contributed by atoms with Gasteiger partial charge in [0.25, 0.3) is 0 Å². The fourth-order valence-electron chi connectivity index (χ4n) is 5.54. The first kappa shape index (κ1) is 22.9. The van der Waals surface area contributed by atoms with Crippen LogP contribution in [0.5, 0.6) is 5.75 Å². The molecular formula is C25H39N5O2. The monoisotopic (exact) mass is 441 g/mol. The fraction of sp³-hybridized carbons (Fsp3) is 0.680. The van der Waals surface area contributed by atoms with Gasteiger partial charge in [-0.05, 0) is 77.1 Å². The number of para-hydroxylation sites is 1. The normalized spacial score (nSPS) is 23.5. The molecule has 1 atom stereocenters. The van der Waals surface area contributed by atoms with Gasteiger partial charge in [-0.3, -0.25) is 9.79 Å². The van der Waals surface area contributed by atoms with Crippen LogP contribution < -0.4 is 21.1 Å². The van der Waals surface area contributed by atoms with E-state index >= 15 is 0 Å². The molecule has 0 aromatic heterocycles.